The van der Waals surface area contributed by atoms with Crippen LogP contribution < -0.4 is 20.5 Å². The van der Waals surface area contributed by atoms with Gasteiger partial charge in [-0.2, -0.15) is 4.31 Å². The Morgan fingerprint density at radius 2 is 1.70 bits per heavy atom. The van der Waals surface area contributed by atoms with Crippen molar-refractivity contribution in [3.8, 4) is 11.5 Å². The molecule has 1 aliphatic heterocycles. The molecule has 0 unspecified atom stereocenters. The summed E-state index contributed by atoms with van der Waals surface area (Å²) in [6.45, 7) is 1.51. The second kappa shape index (κ2) is 9.82. The molecule has 3 rings (SSSR count). The molecule has 0 aliphatic carbocycles. The van der Waals surface area contributed by atoms with E-state index in [0.29, 0.717) is 36.0 Å². The van der Waals surface area contributed by atoms with E-state index in [2.05, 4.69) is 10.3 Å². The maximum Gasteiger partial charge on any atom is 0.243 e. The van der Waals surface area contributed by atoms with E-state index < -0.39 is 10.0 Å². The van der Waals surface area contributed by atoms with Gasteiger partial charge >= 0.3 is 0 Å². The van der Waals surface area contributed by atoms with Crippen molar-refractivity contribution in [3.05, 3.63) is 48.0 Å². The number of anilines is 1. The highest BCUT2D eigenvalue weighted by molar-refractivity contribution is 7.89. The van der Waals surface area contributed by atoms with Crippen molar-refractivity contribution < 1.29 is 17.9 Å². The number of guanidine groups is 1. The van der Waals surface area contributed by atoms with E-state index in [4.69, 9.17) is 15.2 Å². The van der Waals surface area contributed by atoms with E-state index in [9.17, 15) is 8.42 Å². The summed E-state index contributed by atoms with van der Waals surface area (Å²) in [5.74, 6) is 1.45. The van der Waals surface area contributed by atoms with Gasteiger partial charge in [0.25, 0.3) is 0 Å². The third kappa shape index (κ3) is 5.22. The number of hydrogen-bond acceptors (Lipinski definition) is 5. The van der Waals surface area contributed by atoms with Gasteiger partial charge in [-0.3, -0.25) is 0 Å². The van der Waals surface area contributed by atoms with Crippen LogP contribution in [0.5, 0.6) is 11.5 Å². The molecule has 0 spiro atoms. The van der Waals surface area contributed by atoms with E-state index in [1.807, 2.05) is 6.07 Å². The topological polar surface area (TPSA) is 106 Å². The van der Waals surface area contributed by atoms with E-state index in [0.717, 1.165) is 30.5 Å². The van der Waals surface area contributed by atoms with Crippen molar-refractivity contribution in [3.63, 3.8) is 0 Å². The number of ether oxygens (including phenoxy) is 2. The molecule has 0 saturated carbocycles. The molecule has 2 aromatic rings. The number of rotatable bonds is 7. The summed E-state index contributed by atoms with van der Waals surface area (Å²) in [5.41, 5.74) is 7.56. The fourth-order valence-electron chi connectivity index (χ4n) is 3.30. The fraction of sp³-hybridized carbons (Fsp3) is 0.381. The molecule has 0 aromatic heterocycles. The van der Waals surface area contributed by atoms with Gasteiger partial charge in [0, 0.05) is 24.8 Å². The number of nitrogens with zero attached hydrogens (tertiary/aromatic N) is 2. The first-order chi connectivity index (χ1) is 14.4. The van der Waals surface area contributed by atoms with Crippen LogP contribution in [0.2, 0.25) is 0 Å². The number of aliphatic imine (C=N–C) groups is 1. The molecule has 162 valence electrons. The molecule has 9 heteroatoms. The van der Waals surface area contributed by atoms with E-state index >= 15 is 0 Å². The molecule has 0 atom stereocenters. The first-order valence-corrected chi connectivity index (χ1v) is 11.3. The minimum Gasteiger partial charge on any atom is -0.493 e. The molecular formula is C21H28N4O4S. The largest absolute Gasteiger partial charge is 0.493 e. The molecule has 0 amide bonds. The minimum absolute atomic E-state index is 0.243. The van der Waals surface area contributed by atoms with Crippen LogP contribution in [0.3, 0.4) is 0 Å². The Hall–Kier alpha value is -2.78. The highest BCUT2D eigenvalue weighted by Crippen LogP contribution is 2.29. The lowest BCUT2D eigenvalue weighted by atomic mass is 10.2. The number of benzene rings is 2. The van der Waals surface area contributed by atoms with Crippen LogP contribution >= 0.6 is 0 Å². The molecule has 1 aliphatic rings. The zero-order chi connectivity index (χ0) is 21.6. The molecule has 0 radical (unpaired) electrons. The molecule has 1 fully saturated rings. The van der Waals surface area contributed by atoms with Gasteiger partial charge < -0.3 is 20.5 Å². The van der Waals surface area contributed by atoms with Gasteiger partial charge in [-0.1, -0.05) is 18.6 Å². The maximum absolute atomic E-state index is 12.7. The summed E-state index contributed by atoms with van der Waals surface area (Å²) in [4.78, 5) is 4.63. The van der Waals surface area contributed by atoms with Crippen LogP contribution in [0, 0.1) is 0 Å². The van der Waals surface area contributed by atoms with Crippen molar-refractivity contribution >= 4 is 21.7 Å². The first-order valence-electron chi connectivity index (χ1n) is 9.82. The summed E-state index contributed by atoms with van der Waals surface area (Å²) in [5, 5.41) is 3.01. The summed E-state index contributed by atoms with van der Waals surface area (Å²) in [6, 6.07) is 12.1. The standard InChI is InChI=1S/C21H28N4O4S/c1-28-19-11-8-17(14-20(19)29-2)24-21(22)23-15-16-6-9-18(10-7-16)30(26,27)25-12-4-3-5-13-25/h6-11,14H,3-5,12-13,15H2,1-2H3,(H3,22,23,24). The summed E-state index contributed by atoms with van der Waals surface area (Å²) in [7, 11) is -0.288. The van der Waals surface area contributed by atoms with Crippen molar-refractivity contribution in [1.29, 1.82) is 0 Å². The second-order valence-electron chi connectivity index (χ2n) is 7.00. The summed E-state index contributed by atoms with van der Waals surface area (Å²) in [6.07, 6.45) is 2.92. The van der Waals surface area contributed by atoms with Gasteiger partial charge in [-0.05, 0) is 42.7 Å². The predicted molar refractivity (Wildman–Crippen MR) is 118 cm³/mol. The van der Waals surface area contributed by atoms with Crippen LogP contribution in [0.4, 0.5) is 5.69 Å². The Labute approximate surface area is 177 Å². The Balaban J connectivity index is 1.63. The lowest BCUT2D eigenvalue weighted by molar-refractivity contribution is 0.346. The Morgan fingerprint density at radius 1 is 1.03 bits per heavy atom. The fourth-order valence-corrected chi connectivity index (χ4v) is 4.82. The third-order valence-corrected chi connectivity index (χ3v) is 6.88. The average molecular weight is 433 g/mol. The zero-order valence-corrected chi connectivity index (χ0v) is 18.1. The lowest BCUT2D eigenvalue weighted by Gasteiger charge is -2.25. The van der Waals surface area contributed by atoms with Crippen LogP contribution in [-0.2, 0) is 16.6 Å². The number of nitrogens with two attached hydrogens (primary N) is 1. The number of methoxy groups -OCH3 is 2. The van der Waals surface area contributed by atoms with Crippen molar-refractivity contribution in [2.45, 2.75) is 30.7 Å². The third-order valence-electron chi connectivity index (χ3n) is 4.96. The molecule has 8 nitrogen and oxygen atoms in total. The molecule has 2 aromatic carbocycles. The number of hydrogen-bond donors (Lipinski definition) is 2. The predicted octanol–water partition coefficient (Wildman–Crippen LogP) is 2.81. The van der Waals surface area contributed by atoms with Gasteiger partial charge in [0.15, 0.2) is 17.5 Å². The Bertz CT molecular complexity index is 985. The van der Waals surface area contributed by atoms with Crippen molar-refractivity contribution in [2.24, 2.45) is 10.7 Å². The highest BCUT2D eigenvalue weighted by Gasteiger charge is 2.25. The van der Waals surface area contributed by atoms with Gasteiger partial charge in [-0.25, -0.2) is 13.4 Å². The quantitative estimate of drug-likeness (QED) is 0.515. The Kier molecular flexibility index (Phi) is 7.17. The number of nitrogens with one attached hydrogen (secondary N) is 1. The SMILES string of the molecule is COc1ccc(NC(N)=NCc2ccc(S(=O)(=O)N3CCCCC3)cc2)cc1OC. The zero-order valence-electron chi connectivity index (χ0n) is 17.3. The second-order valence-corrected chi connectivity index (χ2v) is 8.94. The van der Waals surface area contributed by atoms with Crippen LogP contribution in [0.15, 0.2) is 52.4 Å². The molecule has 3 N–H and O–H groups in total. The van der Waals surface area contributed by atoms with Crippen LogP contribution in [-0.4, -0.2) is 46.0 Å². The highest BCUT2D eigenvalue weighted by atomic mass is 32.2. The summed E-state index contributed by atoms with van der Waals surface area (Å²) >= 11 is 0. The summed E-state index contributed by atoms with van der Waals surface area (Å²) < 4.78 is 37.5. The monoisotopic (exact) mass is 432 g/mol. The van der Waals surface area contributed by atoms with Crippen LogP contribution in [0.1, 0.15) is 24.8 Å². The number of piperidine rings is 1. The molecule has 30 heavy (non-hydrogen) atoms. The van der Waals surface area contributed by atoms with Gasteiger partial charge in [0.2, 0.25) is 10.0 Å². The molecule has 1 saturated heterocycles. The van der Waals surface area contributed by atoms with Crippen molar-refractivity contribution in [2.75, 3.05) is 32.6 Å². The smallest absolute Gasteiger partial charge is 0.243 e. The normalized spacial score (nSPS) is 15.6. The van der Waals surface area contributed by atoms with E-state index in [1.54, 1.807) is 54.9 Å². The van der Waals surface area contributed by atoms with Gasteiger partial charge in [-0.15, -0.1) is 0 Å². The average Bonchev–Trinajstić information content (AvgIpc) is 2.78. The van der Waals surface area contributed by atoms with Gasteiger partial charge in [0.1, 0.15) is 0 Å². The lowest BCUT2D eigenvalue weighted by Crippen LogP contribution is -2.35. The van der Waals surface area contributed by atoms with E-state index in [1.165, 1.54) is 0 Å². The first kappa shape index (κ1) is 21.9. The van der Waals surface area contributed by atoms with Gasteiger partial charge in [0.05, 0.1) is 25.7 Å². The molecule has 1 heterocycles. The number of sulfonamides is 1. The minimum atomic E-state index is -3.42. The Morgan fingerprint density at radius 3 is 2.33 bits per heavy atom. The van der Waals surface area contributed by atoms with Crippen LogP contribution in [0.25, 0.3) is 0 Å². The molecular weight excluding hydrogens is 404 g/mol. The van der Waals surface area contributed by atoms with E-state index in [-0.39, 0.29) is 5.96 Å². The maximum atomic E-state index is 12.7. The van der Waals surface area contributed by atoms with Crippen molar-refractivity contribution in [1.82, 2.24) is 4.31 Å². The molecule has 0 bridgehead atoms.